The van der Waals surface area contributed by atoms with E-state index >= 15 is 0 Å². The minimum absolute atomic E-state index is 0.0130. The molecule has 0 N–H and O–H groups in total. The van der Waals surface area contributed by atoms with Crippen molar-refractivity contribution in [2.45, 2.75) is 17.5 Å². The van der Waals surface area contributed by atoms with Crippen molar-refractivity contribution in [1.82, 2.24) is 8.61 Å². The molecular formula is C13H16ClF3N2O4S2. The largest absolute Gasteiger partial charge is 0.416 e. The molecule has 0 bridgehead atoms. The zero-order valence-corrected chi connectivity index (χ0v) is 15.5. The van der Waals surface area contributed by atoms with Crippen LogP contribution in [-0.2, 0) is 26.2 Å². The van der Waals surface area contributed by atoms with E-state index in [2.05, 4.69) is 0 Å². The standard InChI is InChI=1S/C13H16ClF3N2O4S2/c1-24(20,21)18-5-2-6-19(8-7-18)25(22,23)12-9-10(13(15,16)17)3-4-11(12)14/h3-4,9H,2,5-8H2,1H3. The fraction of sp³-hybridized carbons (Fsp3) is 0.538. The van der Waals surface area contributed by atoms with Crippen molar-refractivity contribution in [3.63, 3.8) is 0 Å². The summed E-state index contributed by atoms with van der Waals surface area (Å²) in [5.74, 6) is 0. The molecule has 1 heterocycles. The van der Waals surface area contributed by atoms with Crippen LogP contribution in [0.15, 0.2) is 23.1 Å². The molecule has 0 radical (unpaired) electrons. The van der Waals surface area contributed by atoms with Gasteiger partial charge in [-0.25, -0.2) is 21.1 Å². The Hall–Kier alpha value is -0.880. The predicted molar refractivity (Wildman–Crippen MR) is 86.2 cm³/mol. The van der Waals surface area contributed by atoms with Gasteiger partial charge in [-0.15, -0.1) is 0 Å². The van der Waals surface area contributed by atoms with Crippen LogP contribution < -0.4 is 0 Å². The summed E-state index contributed by atoms with van der Waals surface area (Å²) in [4.78, 5) is -0.642. The monoisotopic (exact) mass is 420 g/mol. The Morgan fingerprint density at radius 3 is 2.12 bits per heavy atom. The highest BCUT2D eigenvalue weighted by molar-refractivity contribution is 7.89. The second kappa shape index (κ2) is 7.03. The molecule has 0 atom stereocenters. The van der Waals surface area contributed by atoms with Crippen LogP contribution in [0, 0.1) is 0 Å². The topological polar surface area (TPSA) is 74.8 Å². The lowest BCUT2D eigenvalue weighted by Gasteiger charge is -2.22. The molecule has 0 saturated carbocycles. The molecule has 25 heavy (non-hydrogen) atoms. The second-order valence-corrected chi connectivity index (χ2v) is 9.86. The van der Waals surface area contributed by atoms with Crippen LogP contribution in [0.1, 0.15) is 12.0 Å². The SMILES string of the molecule is CS(=O)(=O)N1CCCN(S(=O)(=O)c2cc(C(F)(F)F)ccc2Cl)CC1. The van der Waals surface area contributed by atoms with Crippen LogP contribution in [0.25, 0.3) is 0 Å². The van der Waals surface area contributed by atoms with Crippen LogP contribution in [-0.4, -0.2) is 57.9 Å². The fourth-order valence-corrected chi connectivity index (χ4v) is 5.30. The van der Waals surface area contributed by atoms with Gasteiger partial charge in [-0.2, -0.15) is 17.5 Å². The van der Waals surface area contributed by atoms with Gasteiger partial charge in [0.05, 0.1) is 16.8 Å². The molecule has 0 unspecified atom stereocenters. The summed E-state index contributed by atoms with van der Waals surface area (Å²) in [6.07, 6.45) is -3.47. The highest BCUT2D eigenvalue weighted by Crippen LogP contribution is 2.34. The molecule has 0 amide bonds. The predicted octanol–water partition coefficient (Wildman–Crippen LogP) is 2.01. The summed E-state index contributed by atoms with van der Waals surface area (Å²) in [7, 11) is -7.77. The average molecular weight is 421 g/mol. The van der Waals surface area contributed by atoms with Crippen molar-refractivity contribution in [2.75, 3.05) is 32.4 Å². The molecule has 1 aliphatic heterocycles. The maximum absolute atomic E-state index is 12.9. The molecule has 0 aromatic heterocycles. The molecule has 6 nitrogen and oxygen atoms in total. The molecule has 1 aliphatic rings. The lowest BCUT2D eigenvalue weighted by Crippen LogP contribution is -2.37. The van der Waals surface area contributed by atoms with Gasteiger partial charge in [0, 0.05) is 26.2 Å². The summed E-state index contributed by atoms with van der Waals surface area (Å²) < 4.78 is 89.2. The minimum Gasteiger partial charge on any atom is -0.213 e. The van der Waals surface area contributed by atoms with E-state index in [-0.39, 0.29) is 37.6 Å². The number of hydrogen-bond donors (Lipinski definition) is 0. The van der Waals surface area contributed by atoms with Crippen molar-refractivity contribution in [2.24, 2.45) is 0 Å². The van der Waals surface area contributed by atoms with Gasteiger partial charge >= 0.3 is 6.18 Å². The summed E-state index contributed by atoms with van der Waals surface area (Å²) in [5.41, 5.74) is -1.12. The van der Waals surface area contributed by atoms with Gasteiger partial charge in [0.15, 0.2) is 0 Å². The Balaban J connectivity index is 2.36. The summed E-state index contributed by atoms with van der Waals surface area (Å²) in [5, 5.41) is -0.322. The normalized spacial score (nSPS) is 18.9. The first kappa shape index (κ1) is 20.4. The van der Waals surface area contributed by atoms with Crippen LogP contribution >= 0.6 is 11.6 Å². The van der Waals surface area contributed by atoms with E-state index in [4.69, 9.17) is 11.6 Å². The zero-order chi connectivity index (χ0) is 19.0. The lowest BCUT2D eigenvalue weighted by molar-refractivity contribution is -0.137. The van der Waals surface area contributed by atoms with Crippen LogP contribution in [0.4, 0.5) is 13.2 Å². The third kappa shape index (κ3) is 4.64. The van der Waals surface area contributed by atoms with E-state index in [0.717, 1.165) is 20.9 Å². The number of rotatable bonds is 3. The molecule has 1 aromatic carbocycles. The van der Waals surface area contributed by atoms with Gasteiger partial charge in [-0.3, -0.25) is 0 Å². The Labute approximate surface area is 149 Å². The molecule has 1 fully saturated rings. The van der Waals surface area contributed by atoms with Crippen LogP contribution in [0.3, 0.4) is 0 Å². The van der Waals surface area contributed by atoms with E-state index in [0.29, 0.717) is 12.1 Å². The van der Waals surface area contributed by atoms with Crippen molar-refractivity contribution < 1.29 is 30.0 Å². The first-order chi connectivity index (χ1) is 11.3. The average Bonchev–Trinajstić information content (AvgIpc) is 2.72. The van der Waals surface area contributed by atoms with Crippen molar-refractivity contribution in [3.8, 4) is 0 Å². The quantitative estimate of drug-likeness (QED) is 0.749. The third-order valence-corrected chi connectivity index (χ3v) is 7.44. The van der Waals surface area contributed by atoms with Gasteiger partial charge in [-0.1, -0.05) is 11.6 Å². The molecule has 0 aliphatic carbocycles. The number of hydrogen-bond acceptors (Lipinski definition) is 4. The minimum atomic E-state index is -4.71. The summed E-state index contributed by atoms with van der Waals surface area (Å²) in [6.45, 7) is -0.112. The van der Waals surface area contributed by atoms with Gasteiger partial charge in [0.1, 0.15) is 4.90 Å². The highest BCUT2D eigenvalue weighted by atomic mass is 35.5. The lowest BCUT2D eigenvalue weighted by atomic mass is 10.2. The van der Waals surface area contributed by atoms with E-state index in [1.54, 1.807) is 0 Å². The Morgan fingerprint density at radius 1 is 1.00 bits per heavy atom. The van der Waals surface area contributed by atoms with E-state index in [9.17, 15) is 30.0 Å². The van der Waals surface area contributed by atoms with Crippen molar-refractivity contribution in [1.29, 1.82) is 0 Å². The molecule has 0 spiro atoms. The number of sulfonamides is 2. The van der Waals surface area contributed by atoms with E-state index in [1.165, 1.54) is 0 Å². The Bertz CT molecular complexity index is 857. The van der Waals surface area contributed by atoms with Gasteiger partial charge in [0.25, 0.3) is 0 Å². The smallest absolute Gasteiger partial charge is 0.213 e. The first-order valence-electron chi connectivity index (χ1n) is 7.15. The maximum Gasteiger partial charge on any atom is 0.416 e. The number of benzene rings is 1. The third-order valence-electron chi connectivity index (χ3n) is 3.76. The number of nitrogens with zero attached hydrogens (tertiary/aromatic N) is 2. The van der Waals surface area contributed by atoms with Gasteiger partial charge in [0.2, 0.25) is 20.0 Å². The fourth-order valence-electron chi connectivity index (χ4n) is 2.46. The molecule has 2 rings (SSSR count). The first-order valence-corrected chi connectivity index (χ1v) is 10.8. The molecule has 142 valence electrons. The molecule has 1 aromatic rings. The van der Waals surface area contributed by atoms with Crippen molar-refractivity contribution in [3.05, 3.63) is 28.8 Å². The van der Waals surface area contributed by atoms with Gasteiger partial charge in [-0.05, 0) is 24.6 Å². The van der Waals surface area contributed by atoms with Crippen molar-refractivity contribution >= 4 is 31.6 Å². The zero-order valence-electron chi connectivity index (χ0n) is 13.1. The summed E-state index contributed by atoms with van der Waals surface area (Å²) >= 11 is 5.81. The molecule has 12 heteroatoms. The second-order valence-electron chi connectivity index (χ2n) is 5.56. The summed E-state index contributed by atoms with van der Waals surface area (Å²) in [6, 6.07) is 2.09. The number of alkyl halides is 3. The maximum atomic E-state index is 12.9. The highest BCUT2D eigenvalue weighted by Gasteiger charge is 2.35. The van der Waals surface area contributed by atoms with E-state index < -0.39 is 36.7 Å². The Morgan fingerprint density at radius 2 is 1.56 bits per heavy atom. The number of halogens is 4. The van der Waals surface area contributed by atoms with Gasteiger partial charge < -0.3 is 0 Å². The van der Waals surface area contributed by atoms with Crippen LogP contribution in [0.2, 0.25) is 5.02 Å². The molecular weight excluding hydrogens is 405 g/mol. The molecule has 1 saturated heterocycles. The van der Waals surface area contributed by atoms with E-state index in [1.807, 2.05) is 0 Å². The Kier molecular flexibility index (Phi) is 5.74. The van der Waals surface area contributed by atoms with Crippen LogP contribution in [0.5, 0.6) is 0 Å².